The number of likely N-dealkylation sites (N-methyl/N-ethyl adjacent to an activating group) is 1. The van der Waals surface area contributed by atoms with E-state index in [1.807, 2.05) is 0 Å². The maximum absolute atomic E-state index is 2.48. The van der Waals surface area contributed by atoms with Crippen LogP contribution in [0.15, 0.2) is 60.7 Å². The third-order valence-electron chi connectivity index (χ3n) is 4.34. The van der Waals surface area contributed by atoms with Crippen molar-refractivity contribution in [3.8, 4) is 0 Å². The Kier molecular flexibility index (Phi) is 3.94. The molecule has 1 aliphatic rings. The maximum Gasteiger partial charge on any atom is 0.0380 e. The molecule has 0 fully saturated rings. The lowest BCUT2D eigenvalue weighted by Crippen LogP contribution is -2.32. The van der Waals surface area contributed by atoms with Crippen LogP contribution in [0.2, 0.25) is 0 Å². The highest BCUT2D eigenvalue weighted by Crippen LogP contribution is 2.40. The van der Waals surface area contributed by atoms with Gasteiger partial charge in [-0.1, -0.05) is 74.5 Å². The molecule has 1 unspecified atom stereocenters. The van der Waals surface area contributed by atoms with Crippen molar-refractivity contribution >= 4 is 11.1 Å². The van der Waals surface area contributed by atoms with Gasteiger partial charge >= 0.3 is 0 Å². The first-order chi connectivity index (χ1) is 10.2. The Morgan fingerprint density at radius 2 is 1.38 bits per heavy atom. The van der Waals surface area contributed by atoms with Crippen molar-refractivity contribution in [2.75, 3.05) is 13.6 Å². The standard InChI is InChI=1S/C20H23N/c1-15(2)20-19(17-12-8-5-9-13-17)18(14-21(20)3)16-10-6-4-7-11-16/h4-13,15,20H,14H2,1-3H3. The molecule has 1 atom stereocenters. The van der Waals surface area contributed by atoms with Crippen LogP contribution in [0, 0.1) is 5.92 Å². The van der Waals surface area contributed by atoms with Crippen LogP contribution in [-0.2, 0) is 0 Å². The van der Waals surface area contributed by atoms with Crippen LogP contribution >= 0.6 is 0 Å². The van der Waals surface area contributed by atoms with Crippen LogP contribution in [0.3, 0.4) is 0 Å². The first kappa shape index (κ1) is 14.1. The molecule has 0 saturated carbocycles. The zero-order chi connectivity index (χ0) is 14.8. The molecule has 0 bridgehead atoms. The number of benzene rings is 2. The van der Waals surface area contributed by atoms with E-state index in [4.69, 9.17) is 0 Å². The average molecular weight is 277 g/mol. The van der Waals surface area contributed by atoms with E-state index in [1.165, 1.54) is 22.3 Å². The monoisotopic (exact) mass is 277 g/mol. The molecule has 1 heterocycles. The van der Waals surface area contributed by atoms with Gasteiger partial charge in [-0.15, -0.1) is 0 Å². The zero-order valence-electron chi connectivity index (χ0n) is 13.1. The van der Waals surface area contributed by atoms with Crippen molar-refractivity contribution in [2.45, 2.75) is 19.9 Å². The Hall–Kier alpha value is -1.86. The van der Waals surface area contributed by atoms with Crippen molar-refractivity contribution in [1.29, 1.82) is 0 Å². The Bertz CT molecular complexity index is 625. The smallest absolute Gasteiger partial charge is 0.0380 e. The number of hydrogen-bond acceptors (Lipinski definition) is 1. The lowest BCUT2D eigenvalue weighted by Gasteiger charge is -2.26. The Morgan fingerprint density at radius 1 is 0.857 bits per heavy atom. The van der Waals surface area contributed by atoms with Gasteiger partial charge in [0.1, 0.15) is 0 Å². The molecule has 0 spiro atoms. The first-order valence-corrected chi connectivity index (χ1v) is 7.72. The lowest BCUT2D eigenvalue weighted by molar-refractivity contribution is 0.282. The minimum Gasteiger partial charge on any atom is -0.295 e. The first-order valence-electron chi connectivity index (χ1n) is 7.72. The summed E-state index contributed by atoms with van der Waals surface area (Å²) < 4.78 is 0. The molecule has 108 valence electrons. The van der Waals surface area contributed by atoms with Crippen LogP contribution in [0.4, 0.5) is 0 Å². The van der Waals surface area contributed by atoms with E-state index in [2.05, 4.69) is 86.5 Å². The van der Waals surface area contributed by atoms with Crippen molar-refractivity contribution in [3.05, 3.63) is 71.8 Å². The summed E-state index contributed by atoms with van der Waals surface area (Å²) in [7, 11) is 2.24. The number of hydrogen-bond donors (Lipinski definition) is 0. The highest BCUT2D eigenvalue weighted by Gasteiger charge is 2.33. The fourth-order valence-electron chi connectivity index (χ4n) is 3.52. The minimum absolute atomic E-state index is 0.489. The van der Waals surface area contributed by atoms with E-state index in [0.717, 1.165) is 6.54 Å². The van der Waals surface area contributed by atoms with E-state index in [1.54, 1.807) is 0 Å². The SMILES string of the molecule is CC(C)C1C(c2ccccc2)=C(c2ccccc2)CN1C. The minimum atomic E-state index is 0.489. The summed E-state index contributed by atoms with van der Waals surface area (Å²) in [5, 5.41) is 0. The molecule has 0 aromatic heterocycles. The number of rotatable bonds is 3. The van der Waals surface area contributed by atoms with Crippen molar-refractivity contribution in [1.82, 2.24) is 4.90 Å². The maximum atomic E-state index is 2.48. The van der Waals surface area contributed by atoms with Gasteiger partial charge in [0.15, 0.2) is 0 Å². The predicted octanol–water partition coefficient (Wildman–Crippen LogP) is 4.57. The molecule has 2 aromatic rings. The Labute approximate surface area is 127 Å². The van der Waals surface area contributed by atoms with E-state index in [-0.39, 0.29) is 0 Å². The zero-order valence-corrected chi connectivity index (χ0v) is 13.1. The van der Waals surface area contributed by atoms with Gasteiger partial charge in [0.25, 0.3) is 0 Å². The third-order valence-corrected chi connectivity index (χ3v) is 4.34. The van der Waals surface area contributed by atoms with Crippen LogP contribution < -0.4 is 0 Å². The lowest BCUT2D eigenvalue weighted by atomic mass is 9.88. The number of nitrogens with zero attached hydrogens (tertiary/aromatic N) is 1. The largest absolute Gasteiger partial charge is 0.295 e. The summed E-state index contributed by atoms with van der Waals surface area (Å²) in [5.74, 6) is 0.603. The Balaban J connectivity index is 2.17. The van der Waals surface area contributed by atoms with E-state index >= 15 is 0 Å². The molecular weight excluding hydrogens is 254 g/mol. The summed E-state index contributed by atoms with van der Waals surface area (Å²) in [5.41, 5.74) is 5.69. The van der Waals surface area contributed by atoms with Gasteiger partial charge in [0.05, 0.1) is 0 Å². The van der Waals surface area contributed by atoms with Crippen LogP contribution in [0.5, 0.6) is 0 Å². The summed E-state index contributed by atoms with van der Waals surface area (Å²) in [6.45, 7) is 5.66. The summed E-state index contributed by atoms with van der Waals surface area (Å²) in [6, 6.07) is 22.2. The fraction of sp³-hybridized carbons (Fsp3) is 0.300. The summed E-state index contributed by atoms with van der Waals surface area (Å²) in [6.07, 6.45) is 0. The van der Waals surface area contributed by atoms with Crippen LogP contribution in [0.1, 0.15) is 25.0 Å². The second kappa shape index (κ2) is 5.87. The normalized spacial score (nSPS) is 19.5. The Morgan fingerprint density at radius 3 is 1.90 bits per heavy atom. The molecule has 0 N–H and O–H groups in total. The second-order valence-electron chi connectivity index (χ2n) is 6.23. The van der Waals surface area contributed by atoms with Gasteiger partial charge in [0, 0.05) is 12.6 Å². The molecule has 2 aromatic carbocycles. The van der Waals surface area contributed by atoms with E-state index in [9.17, 15) is 0 Å². The quantitative estimate of drug-likeness (QED) is 0.794. The molecule has 1 aliphatic heterocycles. The van der Waals surface area contributed by atoms with Crippen molar-refractivity contribution in [2.24, 2.45) is 5.92 Å². The molecule has 21 heavy (non-hydrogen) atoms. The summed E-state index contributed by atoms with van der Waals surface area (Å²) >= 11 is 0. The highest BCUT2D eigenvalue weighted by molar-refractivity contribution is 5.96. The molecule has 1 nitrogen and oxygen atoms in total. The summed E-state index contributed by atoms with van der Waals surface area (Å²) in [4.78, 5) is 2.48. The highest BCUT2D eigenvalue weighted by atomic mass is 15.2. The van der Waals surface area contributed by atoms with Crippen molar-refractivity contribution in [3.63, 3.8) is 0 Å². The van der Waals surface area contributed by atoms with Gasteiger partial charge in [-0.25, -0.2) is 0 Å². The van der Waals surface area contributed by atoms with E-state index < -0.39 is 0 Å². The average Bonchev–Trinajstić information content (AvgIpc) is 2.86. The van der Waals surface area contributed by atoms with Gasteiger partial charge in [-0.2, -0.15) is 0 Å². The van der Waals surface area contributed by atoms with Gasteiger partial charge in [0.2, 0.25) is 0 Å². The predicted molar refractivity (Wildman–Crippen MR) is 91.0 cm³/mol. The van der Waals surface area contributed by atoms with Crippen molar-refractivity contribution < 1.29 is 0 Å². The fourth-order valence-corrected chi connectivity index (χ4v) is 3.52. The van der Waals surface area contributed by atoms with Gasteiger partial charge in [-0.05, 0) is 35.2 Å². The molecule has 0 radical (unpaired) electrons. The van der Waals surface area contributed by atoms with Gasteiger partial charge in [-0.3, -0.25) is 4.90 Å². The third kappa shape index (κ3) is 2.66. The molecular formula is C20H23N. The topological polar surface area (TPSA) is 3.24 Å². The molecule has 0 amide bonds. The second-order valence-corrected chi connectivity index (χ2v) is 6.23. The van der Waals surface area contributed by atoms with Crippen LogP contribution in [0.25, 0.3) is 11.1 Å². The molecule has 0 saturated heterocycles. The van der Waals surface area contributed by atoms with E-state index in [0.29, 0.717) is 12.0 Å². The molecule has 0 aliphatic carbocycles. The molecule has 1 heteroatoms. The van der Waals surface area contributed by atoms with Crippen LogP contribution in [-0.4, -0.2) is 24.5 Å². The van der Waals surface area contributed by atoms with Gasteiger partial charge < -0.3 is 0 Å². The molecule has 3 rings (SSSR count).